The predicted molar refractivity (Wildman–Crippen MR) is 108 cm³/mol. The van der Waals surface area contributed by atoms with Crippen LogP contribution in [-0.2, 0) is 10.3 Å². The maximum atomic E-state index is 13.8. The van der Waals surface area contributed by atoms with Gasteiger partial charge in [0.1, 0.15) is 5.82 Å². The second-order valence-electron chi connectivity index (χ2n) is 8.70. The van der Waals surface area contributed by atoms with Crippen LogP contribution in [0, 0.1) is 11.7 Å². The van der Waals surface area contributed by atoms with Crippen molar-refractivity contribution in [2.45, 2.75) is 56.9 Å². The van der Waals surface area contributed by atoms with Gasteiger partial charge in [0.05, 0.1) is 16.9 Å². The largest absolute Gasteiger partial charge is 0.372 e. The van der Waals surface area contributed by atoms with Crippen LogP contribution >= 0.6 is 0 Å². The molecule has 5 rings (SSSR count). The van der Waals surface area contributed by atoms with Gasteiger partial charge in [0.2, 0.25) is 5.91 Å². The Kier molecular flexibility index (Phi) is 4.41. The van der Waals surface area contributed by atoms with Gasteiger partial charge in [-0.15, -0.1) is 0 Å². The summed E-state index contributed by atoms with van der Waals surface area (Å²) in [6.45, 7) is 1.51. The molecule has 5 heteroatoms. The summed E-state index contributed by atoms with van der Waals surface area (Å²) < 4.78 is 16.0. The van der Waals surface area contributed by atoms with Crippen molar-refractivity contribution < 1.29 is 9.18 Å². The van der Waals surface area contributed by atoms with Crippen LogP contribution in [0.25, 0.3) is 5.69 Å². The highest BCUT2D eigenvalue weighted by molar-refractivity contribution is 5.76. The minimum absolute atomic E-state index is 0.225. The van der Waals surface area contributed by atoms with E-state index in [2.05, 4.69) is 22.0 Å². The number of benzene rings is 1. The number of rotatable bonds is 3. The highest BCUT2D eigenvalue weighted by atomic mass is 19.1. The van der Waals surface area contributed by atoms with Gasteiger partial charge in [-0.3, -0.25) is 4.79 Å². The van der Waals surface area contributed by atoms with E-state index in [1.165, 1.54) is 37.4 Å². The molecule has 1 aromatic heterocycles. The SMILES string of the molecule is O=C(CCC1CCCC1)N1CCC2(CC1)Nc1cc(F)ccc1-n1cccc12. The summed E-state index contributed by atoms with van der Waals surface area (Å²) in [4.78, 5) is 14.8. The van der Waals surface area contributed by atoms with Crippen LogP contribution in [0.1, 0.15) is 57.1 Å². The molecule has 28 heavy (non-hydrogen) atoms. The van der Waals surface area contributed by atoms with Crippen LogP contribution in [-0.4, -0.2) is 28.5 Å². The van der Waals surface area contributed by atoms with Crippen LogP contribution in [0.5, 0.6) is 0 Å². The van der Waals surface area contributed by atoms with Crippen molar-refractivity contribution in [2.24, 2.45) is 5.92 Å². The summed E-state index contributed by atoms with van der Waals surface area (Å²) in [6.07, 6.45) is 10.7. The first-order valence-electron chi connectivity index (χ1n) is 10.7. The van der Waals surface area contributed by atoms with Crippen molar-refractivity contribution in [3.05, 3.63) is 48.0 Å². The average molecular weight is 381 g/mol. The third-order valence-corrected chi connectivity index (χ3v) is 7.04. The highest BCUT2D eigenvalue weighted by Crippen LogP contribution is 2.43. The summed E-state index contributed by atoms with van der Waals surface area (Å²) in [5.41, 5.74) is 2.81. The molecule has 3 aliphatic rings. The van der Waals surface area contributed by atoms with E-state index in [0.29, 0.717) is 12.3 Å². The number of aromatic nitrogens is 1. The molecule has 1 spiro atoms. The zero-order chi connectivity index (χ0) is 19.1. The van der Waals surface area contributed by atoms with Crippen molar-refractivity contribution >= 4 is 11.6 Å². The van der Waals surface area contributed by atoms with Crippen LogP contribution in [0.15, 0.2) is 36.5 Å². The minimum Gasteiger partial charge on any atom is -0.372 e. The van der Waals surface area contributed by atoms with Gasteiger partial charge in [-0.2, -0.15) is 0 Å². The van der Waals surface area contributed by atoms with Crippen molar-refractivity contribution in [1.82, 2.24) is 9.47 Å². The topological polar surface area (TPSA) is 37.3 Å². The first kappa shape index (κ1) is 17.8. The van der Waals surface area contributed by atoms with Crippen molar-refractivity contribution in [2.75, 3.05) is 18.4 Å². The Bertz CT molecular complexity index is 876. The zero-order valence-corrected chi connectivity index (χ0v) is 16.3. The molecule has 1 aliphatic carbocycles. The third-order valence-electron chi connectivity index (χ3n) is 7.04. The lowest BCUT2D eigenvalue weighted by atomic mass is 9.82. The fourth-order valence-electron chi connectivity index (χ4n) is 5.43. The van der Waals surface area contributed by atoms with E-state index in [9.17, 15) is 9.18 Å². The number of likely N-dealkylation sites (tertiary alicyclic amines) is 1. The van der Waals surface area contributed by atoms with E-state index in [0.717, 1.165) is 49.6 Å². The molecule has 0 bridgehead atoms. The van der Waals surface area contributed by atoms with Crippen molar-refractivity contribution in [1.29, 1.82) is 0 Å². The molecule has 0 atom stereocenters. The first-order valence-corrected chi connectivity index (χ1v) is 10.7. The lowest BCUT2D eigenvalue weighted by Crippen LogP contribution is -2.51. The van der Waals surface area contributed by atoms with Crippen LogP contribution in [0.3, 0.4) is 0 Å². The van der Waals surface area contributed by atoms with E-state index in [4.69, 9.17) is 0 Å². The molecule has 1 N–H and O–H groups in total. The summed E-state index contributed by atoms with van der Waals surface area (Å²) >= 11 is 0. The van der Waals surface area contributed by atoms with Crippen molar-refractivity contribution in [3.8, 4) is 5.69 Å². The normalized spacial score (nSPS) is 20.7. The fourth-order valence-corrected chi connectivity index (χ4v) is 5.43. The Balaban J connectivity index is 1.30. The molecule has 3 heterocycles. The summed E-state index contributed by atoms with van der Waals surface area (Å²) in [5.74, 6) is 0.839. The lowest BCUT2D eigenvalue weighted by Gasteiger charge is -2.46. The third kappa shape index (κ3) is 3.01. The molecule has 1 aromatic carbocycles. The molecule has 1 saturated heterocycles. The quantitative estimate of drug-likeness (QED) is 0.827. The Labute approximate surface area is 165 Å². The van der Waals surface area contributed by atoms with Gasteiger partial charge in [-0.05, 0) is 55.5 Å². The number of hydrogen-bond donors (Lipinski definition) is 1. The number of nitrogens with one attached hydrogen (secondary N) is 1. The molecule has 1 amide bonds. The number of carbonyl (C=O) groups excluding carboxylic acids is 1. The number of hydrogen-bond acceptors (Lipinski definition) is 2. The summed E-state index contributed by atoms with van der Waals surface area (Å²) in [7, 11) is 0. The monoisotopic (exact) mass is 381 g/mol. The molecule has 2 aliphatic heterocycles. The van der Waals surface area contributed by atoms with Gasteiger partial charge in [-0.25, -0.2) is 4.39 Å². The fraction of sp³-hybridized carbons (Fsp3) is 0.522. The van der Waals surface area contributed by atoms with E-state index >= 15 is 0 Å². The predicted octanol–water partition coefficient (Wildman–Crippen LogP) is 4.83. The highest BCUT2D eigenvalue weighted by Gasteiger charge is 2.42. The van der Waals surface area contributed by atoms with Crippen molar-refractivity contribution in [3.63, 3.8) is 0 Å². The summed E-state index contributed by atoms with van der Waals surface area (Å²) in [5, 5.41) is 3.63. The van der Waals surface area contributed by atoms with Crippen LogP contribution in [0.2, 0.25) is 0 Å². The lowest BCUT2D eigenvalue weighted by molar-refractivity contribution is -0.133. The Morgan fingerprint density at radius 3 is 2.75 bits per heavy atom. The Morgan fingerprint density at radius 2 is 1.96 bits per heavy atom. The van der Waals surface area contributed by atoms with Gasteiger partial charge in [0.25, 0.3) is 0 Å². The van der Waals surface area contributed by atoms with Gasteiger partial charge in [-0.1, -0.05) is 25.7 Å². The number of carbonyl (C=O) groups is 1. The Morgan fingerprint density at radius 1 is 1.18 bits per heavy atom. The molecule has 2 fully saturated rings. The molecule has 2 aromatic rings. The second kappa shape index (κ2) is 6.94. The van der Waals surface area contributed by atoms with E-state index < -0.39 is 0 Å². The molecule has 0 radical (unpaired) electrons. The number of fused-ring (bicyclic) bond motifs is 4. The minimum atomic E-state index is -0.230. The maximum Gasteiger partial charge on any atom is 0.222 e. The summed E-state index contributed by atoms with van der Waals surface area (Å²) in [6, 6.07) is 9.12. The smallest absolute Gasteiger partial charge is 0.222 e. The molecule has 0 unspecified atom stereocenters. The number of nitrogens with zero attached hydrogens (tertiary/aromatic N) is 2. The molecule has 148 valence electrons. The molecule has 4 nitrogen and oxygen atoms in total. The van der Waals surface area contributed by atoms with Gasteiger partial charge >= 0.3 is 0 Å². The molecular formula is C23H28FN3O. The molecular weight excluding hydrogens is 353 g/mol. The van der Waals surface area contributed by atoms with E-state index in [1.54, 1.807) is 6.07 Å². The van der Waals surface area contributed by atoms with E-state index in [-0.39, 0.29) is 11.4 Å². The zero-order valence-electron chi connectivity index (χ0n) is 16.3. The first-order chi connectivity index (χ1) is 13.6. The van der Waals surface area contributed by atoms with E-state index in [1.807, 2.05) is 17.2 Å². The number of piperidine rings is 1. The van der Waals surface area contributed by atoms with Gasteiger partial charge in [0.15, 0.2) is 0 Å². The van der Waals surface area contributed by atoms with Crippen LogP contribution < -0.4 is 5.32 Å². The number of halogens is 1. The van der Waals surface area contributed by atoms with Gasteiger partial charge in [0, 0.05) is 31.4 Å². The number of amides is 1. The van der Waals surface area contributed by atoms with Gasteiger partial charge < -0.3 is 14.8 Å². The van der Waals surface area contributed by atoms with Crippen LogP contribution in [0.4, 0.5) is 10.1 Å². The average Bonchev–Trinajstić information content (AvgIpc) is 3.39. The standard InChI is InChI=1S/C23H28FN3O/c24-18-8-9-20-19(16-18)25-23(21-6-3-13-27(20)21)11-14-26(15-12-23)22(28)10-7-17-4-1-2-5-17/h3,6,8-9,13,16-17,25H,1-2,4-5,7,10-12,14-15H2. The number of anilines is 1. The molecule has 1 saturated carbocycles. The Hall–Kier alpha value is -2.30. The maximum absolute atomic E-state index is 13.8. The second-order valence-corrected chi connectivity index (χ2v) is 8.70.